The number of benzene rings is 1. The van der Waals surface area contributed by atoms with Crippen molar-refractivity contribution in [3.63, 3.8) is 0 Å². The fraction of sp³-hybridized carbons (Fsp3) is 0.611. The third-order valence-corrected chi connectivity index (χ3v) is 4.75. The molecule has 0 aromatic heterocycles. The molecule has 1 aromatic rings. The van der Waals surface area contributed by atoms with Crippen molar-refractivity contribution in [3.8, 4) is 0 Å². The molecule has 2 fully saturated rings. The first-order valence-electron chi connectivity index (χ1n) is 8.00. The van der Waals surface area contributed by atoms with Crippen molar-refractivity contribution in [2.75, 3.05) is 0 Å². The maximum atomic E-state index is 12.8. The number of piperidine rings is 1. The molecule has 0 saturated carbocycles. The fourth-order valence-electron chi connectivity index (χ4n) is 3.96. The second kappa shape index (κ2) is 5.04. The number of hydrogen-bond donors (Lipinski definition) is 0. The van der Waals surface area contributed by atoms with Gasteiger partial charge in [-0.25, -0.2) is 4.79 Å². The van der Waals surface area contributed by atoms with Crippen LogP contribution in [-0.4, -0.2) is 22.6 Å². The Morgan fingerprint density at radius 1 is 1.19 bits per heavy atom. The van der Waals surface area contributed by atoms with E-state index < -0.39 is 5.60 Å². The van der Waals surface area contributed by atoms with Gasteiger partial charge < -0.3 is 4.74 Å². The van der Waals surface area contributed by atoms with Crippen LogP contribution in [0.4, 0.5) is 4.79 Å². The van der Waals surface area contributed by atoms with E-state index in [1.54, 1.807) is 0 Å². The first-order valence-corrected chi connectivity index (χ1v) is 8.00. The minimum Gasteiger partial charge on any atom is -0.444 e. The van der Waals surface area contributed by atoms with Gasteiger partial charge in [0.15, 0.2) is 0 Å². The highest BCUT2D eigenvalue weighted by atomic mass is 16.6. The van der Waals surface area contributed by atoms with Crippen LogP contribution in [-0.2, 0) is 10.3 Å². The Morgan fingerprint density at radius 3 is 2.57 bits per heavy atom. The van der Waals surface area contributed by atoms with Crippen molar-refractivity contribution in [1.82, 2.24) is 4.90 Å². The van der Waals surface area contributed by atoms with Crippen molar-refractivity contribution in [2.45, 2.75) is 70.1 Å². The molecule has 2 unspecified atom stereocenters. The van der Waals surface area contributed by atoms with Crippen molar-refractivity contribution in [1.29, 1.82) is 0 Å². The second-order valence-corrected chi connectivity index (χ2v) is 7.33. The molecule has 114 valence electrons. The van der Waals surface area contributed by atoms with Gasteiger partial charge in [0.2, 0.25) is 0 Å². The summed E-state index contributed by atoms with van der Waals surface area (Å²) in [5.74, 6) is 0. The highest BCUT2D eigenvalue weighted by molar-refractivity contribution is 5.71. The summed E-state index contributed by atoms with van der Waals surface area (Å²) in [6.45, 7) is 5.81. The lowest BCUT2D eigenvalue weighted by atomic mass is 9.82. The summed E-state index contributed by atoms with van der Waals surface area (Å²) < 4.78 is 5.69. The predicted molar refractivity (Wildman–Crippen MR) is 83.1 cm³/mol. The van der Waals surface area contributed by atoms with E-state index in [2.05, 4.69) is 29.2 Å². The number of amides is 1. The molecule has 2 heterocycles. The number of rotatable bonds is 1. The summed E-state index contributed by atoms with van der Waals surface area (Å²) in [6, 6.07) is 10.8. The van der Waals surface area contributed by atoms with Gasteiger partial charge in [0.05, 0.1) is 5.54 Å². The van der Waals surface area contributed by atoms with Gasteiger partial charge in [-0.3, -0.25) is 4.90 Å². The van der Waals surface area contributed by atoms with E-state index in [0.717, 1.165) is 25.7 Å². The van der Waals surface area contributed by atoms with Crippen LogP contribution >= 0.6 is 0 Å². The molecular formula is C18H25NO2. The van der Waals surface area contributed by atoms with Gasteiger partial charge in [-0.15, -0.1) is 0 Å². The Hall–Kier alpha value is -1.51. The van der Waals surface area contributed by atoms with Crippen LogP contribution in [0.2, 0.25) is 0 Å². The van der Waals surface area contributed by atoms with Gasteiger partial charge in [-0.1, -0.05) is 30.3 Å². The number of carbonyl (C=O) groups excluding carboxylic acids is 1. The molecule has 3 rings (SSSR count). The normalized spacial score (nSPS) is 28.5. The van der Waals surface area contributed by atoms with Gasteiger partial charge in [0, 0.05) is 6.04 Å². The van der Waals surface area contributed by atoms with Crippen LogP contribution in [0, 0.1) is 0 Å². The second-order valence-electron chi connectivity index (χ2n) is 7.33. The lowest BCUT2D eigenvalue weighted by Crippen LogP contribution is -2.52. The number of carbonyl (C=O) groups is 1. The van der Waals surface area contributed by atoms with E-state index >= 15 is 0 Å². The average Bonchev–Trinajstić information content (AvgIpc) is 2.66. The van der Waals surface area contributed by atoms with Crippen molar-refractivity contribution in [2.24, 2.45) is 0 Å². The van der Waals surface area contributed by atoms with Crippen LogP contribution in [0.5, 0.6) is 0 Å². The SMILES string of the molecule is CC(C)(C)OC(=O)N1C2CCCC1(c1ccccc1)CC2. The molecule has 2 atom stereocenters. The molecule has 3 heteroatoms. The van der Waals surface area contributed by atoms with Gasteiger partial charge in [0.25, 0.3) is 0 Å². The first kappa shape index (κ1) is 14.4. The molecule has 2 bridgehead atoms. The lowest BCUT2D eigenvalue weighted by Gasteiger charge is -2.45. The zero-order chi connectivity index (χ0) is 15.1. The maximum absolute atomic E-state index is 12.8. The number of ether oxygens (including phenoxy) is 1. The summed E-state index contributed by atoms with van der Waals surface area (Å²) in [5.41, 5.74) is 0.677. The van der Waals surface area contributed by atoms with Crippen LogP contribution in [0.25, 0.3) is 0 Å². The summed E-state index contributed by atoms with van der Waals surface area (Å²) >= 11 is 0. The molecule has 2 aliphatic heterocycles. The Balaban J connectivity index is 1.96. The van der Waals surface area contributed by atoms with Crippen molar-refractivity contribution < 1.29 is 9.53 Å². The Kier molecular flexibility index (Phi) is 3.46. The zero-order valence-electron chi connectivity index (χ0n) is 13.3. The molecule has 0 aliphatic carbocycles. The van der Waals surface area contributed by atoms with Crippen LogP contribution in [0.3, 0.4) is 0 Å². The molecule has 3 nitrogen and oxygen atoms in total. The minimum absolute atomic E-state index is 0.145. The summed E-state index contributed by atoms with van der Waals surface area (Å²) in [4.78, 5) is 14.8. The van der Waals surface area contributed by atoms with Crippen LogP contribution < -0.4 is 0 Å². The maximum Gasteiger partial charge on any atom is 0.411 e. The van der Waals surface area contributed by atoms with E-state index in [4.69, 9.17) is 4.74 Å². The molecule has 2 saturated heterocycles. The molecular weight excluding hydrogens is 262 g/mol. The monoisotopic (exact) mass is 287 g/mol. The third-order valence-electron chi connectivity index (χ3n) is 4.75. The smallest absolute Gasteiger partial charge is 0.411 e. The lowest BCUT2D eigenvalue weighted by molar-refractivity contribution is -0.0160. The zero-order valence-corrected chi connectivity index (χ0v) is 13.3. The van der Waals surface area contributed by atoms with Gasteiger partial charge in [-0.2, -0.15) is 0 Å². The van der Waals surface area contributed by atoms with Gasteiger partial charge in [-0.05, 0) is 58.4 Å². The Bertz CT molecular complexity index is 516. The van der Waals surface area contributed by atoms with Gasteiger partial charge >= 0.3 is 6.09 Å². The van der Waals surface area contributed by atoms with Crippen molar-refractivity contribution >= 4 is 6.09 Å². The number of fused-ring (bicyclic) bond motifs is 2. The first-order chi connectivity index (χ1) is 9.92. The quantitative estimate of drug-likeness (QED) is 0.763. The van der Waals surface area contributed by atoms with E-state index in [1.807, 2.05) is 26.8 Å². The molecule has 2 aliphatic rings. The van der Waals surface area contributed by atoms with Crippen molar-refractivity contribution in [3.05, 3.63) is 35.9 Å². The predicted octanol–water partition coefficient (Wildman–Crippen LogP) is 4.47. The highest BCUT2D eigenvalue weighted by Crippen LogP contribution is 2.51. The highest BCUT2D eigenvalue weighted by Gasteiger charge is 2.53. The molecule has 0 radical (unpaired) electrons. The Labute approximate surface area is 127 Å². The average molecular weight is 287 g/mol. The van der Waals surface area contributed by atoms with E-state index in [9.17, 15) is 4.79 Å². The van der Waals surface area contributed by atoms with E-state index in [1.165, 1.54) is 12.0 Å². The number of nitrogens with zero attached hydrogens (tertiary/aromatic N) is 1. The molecule has 1 aromatic carbocycles. The standard InChI is InChI=1S/C18H25NO2/c1-17(2,3)21-16(20)19-15-10-7-12-18(19,13-11-15)14-8-5-4-6-9-14/h4-6,8-9,15H,7,10-13H2,1-3H3. The summed E-state index contributed by atoms with van der Waals surface area (Å²) in [5, 5.41) is 0. The molecule has 1 amide bonds. The Morgan fingerprint density at radius 2 is 1.90 bits per heavy atom. The number of hydrogen-bond acceptors (Lipinski definition) is 2. The van der Waals surface area contributed by atoms with E-state index in [0.29, 0.717) is 6.04 Å². The van der Waals surface area contributed by atoms with E-state index in [-0.39, 0.29) is 11.6 Å². The largest absolute Gasteiger partial charge is 0.444 e. The van der Waals surface area contributed by atoms with Gasteiger partial charge in [0.1, 0.15) is 5.60 Å². The molecule has 0 spiro atoms. The topological polar surface area (TPSA) is 29.5 Å². The summed E-state index contributed by atoms with van der Waals surface area (Å²) in [7, 11) is 0. The fourth-order valence-corrected chi connectivity index (χ4v) is 3.96. The van der Waals surface area contributed by atoms with Crippen LogP contribution in [0.15, 0.2) is 30.3 Å². The molecule has 0 N–H and O–H groups in total. The minimum atomic E-state index is -0.439. The third kappa shape index (κ3) is 2.54. The van der Waals surface area contributed by atoms with Crippen LogP contribution in [0.1, 0.15) is 58.4 Å². The molecule has 21 heavy (non-hydrogen) atoms. The summed E-state index contributed by atoms with van der Waals surface area (Å²) in [6.07, 6.45) is 5.35.